The van der Waals surface area contributed by atoms with Crippen LogP contribution in [0.15, 0.2) is 78.2 Å². The van der Waals surface area contributed by atoms with Gasteiger partial charge in [0.25, 0.3) is 0 Å². The molecule has 1 aliphatic heterocycles. The summed E-state index contributed by atoms with van der Waals surface area (Å²) in [6.07, 6.45) is 4.43. The SMILES string of the molecule is Cl.O=c1n(N2C=CON2)cnn1-c1cccc(-c2ccccc2)c1. The number of hydrogen-bond acceptors (Lipinski definition) is 5. The fraction of sp³-hybridized carbons (Fsp3) is 0. The highest BCUT2D eigenvalue weighted by Gasteiger charge is 2.14. The molecule has 1 aromatic heterocycles. The van der Waals surface area contributed by atoms with Crippen LogP contribution in [0.25, 0.3) is 16.8 Å². The van der Waals surface area contributed by atoms with Crippen molar-refractivity contribution in [2.75, 3.05) is 5.12 Å². The smallest absolute Gasteiger partial charge is 0.371 e. The number of nitrogens with zero attached hydrogens (tertiary/aromatic N) is 4. The zero-order valence-electron chi connectivity index (χ0n) is 12.4. The maximum Gasteiger partial charge on any atom is 0.371 e. The summed E-state index contributed by atoms with van der Waals surface area (Å²) in [5.74, 6) is 0. The van der Waals surface area contributed by atoms with E-state index in [2.05, 4.69) is 10.7 Å². The maximum atomic E-state index is 12.5. The van der Waals surface area contributed by atoms with Crippen LogP contribution in [-0.2, 0) is 4.84 Å². The first kappa shape index (κ1) is 15.9. The lowest BCUT2D eigenvalue weighted by atomic mass is 10.1. The van der Waals surface area contributed by atoms with Crippen LogP contribution >= 0.6 is 12.4 Å². The van der Waals surface area contributed by atoms with Crippen LogP contribution in [0.4, 0.5) is 0 Å². The molecule has 8 heteroatoms. The molecule has 0 saturated carbocycles. The molecule has 1 aliphatic rings. The molecule has 24 heavy (non-hydrogen) atoms. The van der Waals surface area contributed by atoms with Crippen molar-refractivity contribution in [2.24, 2.45) is 0 Å². The lowest BCUT2D eigenvalue weighted by Crippen LogP contribution is -2.43. The van der Waals surface area contributed by atoms with Crippen LogP contribution in [0, 0.1) is 0 Å². The number of benzene rings is 2. The fourth-order valence-corrected chi connectivity index (χ4v) is 2.39. The second-order valence-corrected chi connectivity index (χ2v) is 4.93. The third-order valence-corrected chi connectivity index (χ3v) is 3.50. The molecule has 0 bridgehead atoms. The average molecular weight is 344 g/mol. The molecule has 7 nitrogen and oxygen atoms in total. The Labute approximate surface area is 143 Å². The van der Waals surface area contributed by atoms with Crippen molar-refractivity contribution in [3.8, 4) is 16.8 Å². The summed E-state index contributed by atoms with van der Waals surface area (Å²) in [6, 6.07) is 17.7. The number of rotatable bonds is 3. The Balaban J connectivity index is 0.00000169. The van der Waals surface area contributed by atoms with Crippen molar-refractivity contribution in [1.29, 1.82) is 0 Å². The molecule has 0 saturated heterocycles. The van der Waals surface area contributed by atoms with E-state index in [0.717, 1.165) is 11.1 Å². The van der Waals surface area contributed by atoms with Gasteiger partial charge < -0.3 is 4.84 Å². The third kappa shape index (κ3) is 2.78. The Bertz CT molecular complexity index is 919. The quantitative estimate of drug-likeness (QED) is 0.788. The van der Waals surface area contributed by atoms with Crippen molar-refractivity contribution in [1.82, 2.24) is 20.0 Å². The van der Waals surface area contributed by atoms with E-state index < -0.39 is 0 Å². The lowest BCUT2D eigenvalue weighted by Gasteiger charge is -2.11. The average Bonchev–Trinajstić information content (AvgIpc) is 3.25. The van der Waals surface area contributed by atoms with Crippen LogP contribution in [-0.4, -0.2) is 14.5 Å². The van der Waals surface area contributed by atoms with Gasteiger partial charge >= 0.3 is 5.69 Å². The summed E-state index contributed by atoms with van der Waals surface area (Å²) in [7, 11) is 0. The van der Waals surface area contributed by atoms with E-state index >= 15 is 0 Å². The predicted molar refractivity (Wildman–Crippen MR) is 92.1 cm³/mol. The predicted octanol–water partition coefficient (Wildman–Crippen LogP) is 1.98. The molecule has 0 fully saturated rings. The van der Waals surface area contributed by atoms with E-state index in [1.807, 2.05) is 54.6 Å². The summed E-state index contributed by atoms with van der Waals surface area (Å²) >= 11 is 0. The second-order valence-electron chi connectivity index (χ2n) is 4.93. The van der Waals surface area contributed by atoms with E-state index in [1.54, 1.807) is 6.20 Å². The number of hydrogen-bond donors (Lipinski definition) is 1. The van der Waals surface area contributed by atoms with Gasteiger partial charge in [-0.05, 0) is 28.8 Å². The number of aromatic nitrogens is 3. The molecular formula is C16H14ClN5O2. The van der Waals surface area contributed by atoms with E-state index in [-0.39, 0.29) is 18.1 Å². The van der Waals surface area contributed by atoms with Crippen LogP contribution in [0.1, 0.15) is 0 Å². The minimum absolute atomic E-state index is 0. The van der Waals surface area contributed by atoms with E-state index in [0.29, 0.717) is 5.69 Å². The second kappa shape index (κ2) is 6.61. The molecule has 3 aromatic rings. The van der Waals surface area contributed by atoms with Crippen LogP contribution < -0.4 is 16.4 Å². The van der Waals surface area contributed by atoms with Gasteiger partial charge in [0.1, 0.15) is 12.6 Å². The van der Waals surface area contributed by atoms with Crippen LogP contribution in [0.5, 0.6) is 0 Å². The molecule has 1 N–H and O–H groups in total. The summed E-state index contributed by atoms with van der Waals surface area (Å²) in [5, 5.41) is 5.56. The third-order valence-electron chi connectivity index (χ3n) is 3.50. The standard InChI is InChI=1S/C16H13N5O2.ClH/c22-16-19(20-9-10-23-18-20)12-17-21(16)15-8-4-7-14(11-15)13-5-2-1-3-6-13;/h1-12,18H;1H. The topological polar surface area (TPSA) is 64.3 Å². The summed E-state index contributed by atoms with van der Waals surface area (Å²) < 4.78 is 2.64. The van der Waals surface area contributed by atoms with E-state index in [1.165, 1.54) is 27.1 Å². The highest BCUT2D eigenvalue weighted by atomic mass is 35.5. The number of hydrazine groups is 1. The first-order chi connectivity index (χ1) is 11.3. The minimum Gasteiger partial charge on any atom is -0.394 e. The van der Waals surface area contributed by atoms with Gasteiger partial charge in [0.15, 0.2) is 0 Å². The molecule has 0 spiro atoms. The zero-order valence-corrected chi connectivity index (χ0v) is 13.3. The summed E-state index contributed by atoms with van der Waals surface area (Å²) in [5.41, 5.74) is 5.04. The van der Waals surface area contributed by atoms with Gasteiger partial charge in [0.05, 0.1) is 11.9 Å². The molecule has 2 aromatic carbocycles. The lowest BCUT2D eigenvalue weighted by molar-refractivity contribution is 0.138. The van der Waals surface area contributed by atoms with E-state index in [9.17, 15) is 4.79 Å². The maximum absolute atomic E-state index is 12.5. The fourth-order valence-electron chi connectivity index (χ4n) is 2.39. The van der Waals surface area contributed by atoms with Gasteiger partial charge in [0.2, 0.25) is 0 Å². The monoisotopic (exact) mass is 343 g/mol. The van der Waals surface area contributed by atoms with Gasteiger partial charge in [-0.2, -0.15) is 19.6 Å². The van der Waals surface area contributed by atoms with Crippen molar-refractivity contribution >= 4 is 12.4 Å². The molecule has 0 aliphatic carbocycles. The van der Waals surface area contributed by atoms with Crippen molar-refractivity contribution in [3.05, 3.63) is 83.9 Å². The normalized spacial score (nSPS) is 12.8. The number of halogens is 1. The Morgan fingerprint density at radius 3 is 2.54 bits per heavy atom. The molecule has 0 atom stereocenters. The van der Waals surface area contributed by atoms with Crippen molar-refractivity contribution in [2.45, 2.75) is 0 Å². The Kier molecular flexibility index (Phi) is 4.37. The molecule has 122 valence electrons. The first-order valence-electron chi connectivity index (χ1n) is 7.03. The summed E-state index contributed by atoms with van der Waals surface area (Å²) in [6.45, 7) is 0. The Morgan fingerprint density at radius 2 is 1.79 bits per heavy atom. The zero-order chi connectivity index (χ0) is 15.6. The molecule has 0 amide bonds. The van der Waals surface area contributed by atoms with Gasteiger partial charge in [-0.3, -0.25) is 0 Å². The molecule has 0 radical (unpaired) electrons. The van der Waals surface area contributed by atoms with Crippen LogP contribution in [0.3, 0.4) is 0 Å². The highest BCUT2D eigenvalue weighted by Crippen LogP contribution is 2.20. The largest absolute Gasteiger partial charge is 0.394 e. The number of nitrogens with one attached hydrogen (secondary N) is 1. The van der Waals surface area contributed by atoms with Crippen molar-refractivity contribution in [3.63, 3.8) is 0 Å². The summed E-state index contributed by atoms with van der Waals surface area (Å²) in [4.78, 5) is 17.4. The highest BCUT2D eigenvalue weighted by molar-refractivity contribution is 5.85. The van der Waals surface area contributed by atoms with Gasteiger partial charge in [0, 0.05) is 0 Å². The van der Waals surface area contributed by atoms with E-state index in [4.69, 9.17) is 4.84 Å². The van der Waals surface area contributed by atoms with Crippen molar-refractivity contribution < 1.29 is 4.84 Å². The molecule has 0 unspecified atom stereocenters. The Hall–Kier alpha value is -3.03. The van der Waals surface area contributed by atoms with Gasteiger partial charge in [-0.1, -0.05) is 42.5 Å². The van der Waals surface area contributed by atoms with Gasteiger partial charge in [-0.25, -0.2) is 4.79 Å². The first-order valence-corrected chi connectivity index (χ1v) is 7.03. The molecule has 4 rings (SSSR count). The van der Waals surface area contributed by atoms with Gasteiger partial charge in [-0.15, -0.1) is 12.4 Å². The van der Waals surface area contributed by atoms with Crippen LogP contribution in [0.2, 0.25) is 0 Å². The molecular weight excluding hydrogens is 330 g/mol. The minimum atomic E-state index is -0.308. The molecule has 2 heterocycles. The Morgan fingerprint density at radius 1 is 1.00 bits per heavy atom.